The van der Waals surface area contributed by atoms with Crippen molar-refractivity contribution in [1.29, 1.82) is 0 Å². The molecule has 2 rings (SSSR count). The first kappa shape index (κ1) is 12.4. The molecule has 0 atom stereocenters. The number of hydrogen-bond donors (Lipinski definition) is 2. The zero-order valence-corrected chi connectivity index (χ0v) is 10.8. The van der Waals surface area contributed by atoms with Gasteiger partial charge in [0, 0.05) is 26.2 Å². The van der Waals surface area contributed by atoms with Gasteiger partial charge in [0.25, 0.3) is 0 Å². The number of hydrogen-bond acceptors (Lipinski definition) is 3. The largest absolute Gasteiger partial charge is 0.496 e. The normalized spacial score (nSPS) is 19.6. The zero-order chi connectivity index (χ0) is 12.1. The summed E-state index contributed by atoms with van der Waals surface area (Å²) < 4.78 is 5.42. The van der Waals surface area contributed by atoms with Gasteiger partial charge in [0.1, 0.15) is 5.75 Å². The van der Waals surface area contributed by atoms with E-state index in [0.29, 0.717) is 0 Å². The van der Waals surface area contributed by atoms with Crippen LogP contribution in [0, 0.1) is 5.41 Å². The number of ether oxygens (including phenoxy) is 1. The highest BCUT2D eigenvalue weighted by Gasteiger charge is 2.26. The van der Waals surface area contributed by atoms with Crippen LogP contribution < -0.4 is 15.4 Å². The summed E-state index contributed by atoms with van der Waals surface area (Å²) in [7, 11) is 1.74. The summed E-state index contributed by atoms with van der Waals surface area (Å²) in [6.45, 7) is 6.55. The fourth-order valence-corrected chi connectivity index (χ4v) is 2.45. The molecule has 0 aliphatic carbocycles. The fourth-order valence-electron chi connectivity index (χ4n) is 2.45. The maximum atomic E-state index is 5.42. The average Bonchev–Trinajstić information content (AvgIpc) is 2.55. The van der Waals surface area contributed by atoms with E-state index >= 15 is 0 Å². The Morgan fingerprint density at radius 1 is 1.18 bits per heavy atom. The lowest BCUT2D eigenvalue weighted by Crippen LogP contribution is -2.37. The van der Waals surface area contributed by atoms with Crippen LogP contribution in [-0.4, -0.2) is 33.3 Å². The smallest absolute Gasteiger partial charge is 0.122 e. The molecular formula is C14H22N2O. The highest BCUT2D eigenvalue weighted by atomic mass is 16.5. The van der Waals surface area contributed by atoms with E-state index in [2.05, 4.69) is 29.7 Å². The molecule has 0 aromatic heterocycles. The molecule has 1 aliphatic heterocycles. The van der Waals surface area contributed by atoms with Crippen molar-refractivity contribution < 1.29 is 4.74 Å². The van der Waals surface area contributed by atoms with Gasteiger partial charge in [-0.2, -0.15) is 0 Å². The van der Waals surface area contributed by atoms with E-state index in [4.69, 9.17) is 4.74 Å². The van der Waals surface area contributed by atoms with Crippen LogP contribution in [0.1, 0.15) is 12.5 Å². The molecule has 0 bridgehead atoms. The van der Waals surface area contributed by atoms with Crippen LogP contribution in [0.5, 0.6) is 5.75 Å². The Morgan fingerprint density at radius 2 is 1.82 bits per heavy atom. The lowest BCUT2D eigenvalue weighted by molar-refractivity contribution is 0.308. The summed E-state index contributed by atoms with van der Waals surface area (Å²) in [6.07, 6.45) is 1.04. The van der Waals surface area contributed by atoms with Crippen LogP contribution in [0.3, 0.4) is 0 Å². The predicted octanol–water partition coefficient (Wildman–Crippen LogP) is 1.44. The molecule has 1 fully saturated rings. The third kappa shape index (κ3) is 3.20. The van der Waals surface area contributed by atoms with Crippen molar-refractivity contribution in [2.24, 2.45) is 5.41 Å². The zero-order valence-electron chi connectivity index (χ0n) is 10.8. The van der Waals surface area contributed by atoms with Crippen LogP contribution in [0.25, 0.3) is 0 Å². The molecule has 0 spiro atoms. The van der Waals surface area contributed by atoms with E-state index in [1.807, 2.05) is 12.1 Å². The topological polar surface area (TPSA) is 33.3 Å². The highest BCUT2D eigenvalue weighted by Crippen LogP contribution is 2.27. The molecule has 1 aliphatic rings. The predicted molar refractivity (Wildman–Crippen MR) is 70.5 cm³/mol. The van der Waals surface area contributed by atoms with Crippen molar-refractivity contribution in [2.75, 3.05) is 33.3 Å². The Balaban J connectivity index is 2.12. The first-order valence-electron chi connectivity index (χ1n) is 6.27. The maximum Gasteiger partial charge on any atom is 0.122 e. The number of rotatable bonds is 3. The van der Waals surface area contributed by atoms with E-state index in [0.717, 1.165) is 38.3 Å². The summed E-state index contributed by atoms with van der Waals surface area (Å²) in [5.41, 5.74) is 1.55. The van der Waals surface area contributed by atoms with E-state index in [1.165, 1.54) is 5.56 Å². The Kier molecular flexibility index (Phi) is 4.02. The molecule has 0 radical (unpaired) electrons. The third-order valence-corrected chi connectivity index (χ3v) is 3.39. The van der Waals surface area contributed by atoms with Crippen molar-refractivity contribution in [2.45, 2.75) is 13.3 Å². The lowest BCUT2D eigenvalue weighted by Gasteiger charge is -2.28. The highest BCUT2D eigenvalue weighted by molar-refractivity contribution is 5.34. The number of methoxy groups -OCH3 is 1. The molecule has 0 saturated carbocycles. The summed E-state index contributed by atoms with van der Waals surface area (Å²) in [5, 5.41) is 6.98. The standard InChI is InChI=1S/C14H22N2O/c1-14(10-15-7-8-16-11-14)9-12-5-3-4-6-13(12)17-2/h3-6,15-16H,7-11H2,1-2H3. The van der Waals surface area contributed by atoms with Crippen molar-refractivity contribution in [3.63, 3.8) is 0 Å². The lowest BCUT2D eigenvalue weighted by atomic mass is 9.83. The van der Waals surface area contributed by atoms with Crippen LogP contribution in [0.2, 0.25) is 0 Å². The van der Waals surface area contributed by atoms with E-state index in [1.54, 1.807) is 7.11 Å². The third-order valence-electron chi connectivity index (χ3n) is 3.39. The first-order chi connectivity index (χ1) is 8.23. The molecule has 17 heavy (non-hydrogen) atoms. The van der Waals surface area contributed by atoms with Crippen molar-refractivity contribution in [3.05, 3.63) is 29.8 Å². The minimum atomic E-state index is 0.255. The van der Waals surface area contributed by atoms with Gasteiger partial charge >= 0.3 is 0 Å². The van der Waals surface area contributed by atoms with Crippen LogP contribution in [0.4, 0.5) is 0 Å². The SMILES string of the molecule is COc1ccccc1CC1(C)CNCCNC1. The van der Waals surface area contributed by atoms with E-state index in [-0.39, 0.29) is 5.41 Å². The van der Waals surface area contributed by atoms with Crippen LogP contribution in [-0.2, 0) is 6.42 Å². The molecule has 0 amide bonds. The van der Waals surface area contributed by atoms with Crippen molar-refractivity contribution in [3.8, 4) is 5.75 Å². The molecule has 1 aromatic carbocycles. The van der Waals surface area contributed by atoms with Crippen LogP contribution >= 0.6 is 0 Å². The van der Waals surface area contributed by atoms with Gasteiger partial charge in [-0.15, -0.1) is 0 Å². The van der Waals surface area contributed by atoms with Gasteiger partial charge in [-0.3, -0.25) is 0 Å². The van der Waals surface area contributed by atoms with Crippen molar-refractivity contribution >= 4 is 0 Å². The average molecular weight is 234 g/mol. The molecule has 1 aromatic rings. The van der Waals surface area contributed by atoms with Gasteiger partial charge in [0.2, 0.25) is 0 Å². The maximum absolute atomic E-state index is 5.42. The molecule has 0 unspecified atom stereocenters. The van der Waals surface area contributed by atoms with Crippen LogP contribution in [0.15, 0.2) is 24.3 Å². The monoisotopic (exact) mass is 234 g/mol. The quantitative estimate of drug-likeness (QED) is 0.830. The van der Waals surface area contributed by atoms with Gasteiger partial charge in [0.15, 0.2) is 0 Å². The minimum Gasteiger partial charge on any atom is -0.496 e. The van der Waals surface area contributed by atoms with Crippen molar-refractivity contribution in [1.82, 2.24) is 10.6 Å². The second-order valence-electron chi connectivity index (χ2n) is 5.15. The Bertz CT molecular complexity index is 357. The Labute approximate surface area is 104 Å². The van der Waals surface area contributed by atoms with Gasteiger partial charge in [-0.25, -0.2) is 0 Å². The molecule has 1 heterocycles. The molecule has 1 saturated heterocycles. The Morgan fingerprint density at radius 3 is 2.47 bits per heavy atom. The Hall–Kier alpha value is -1.06. The van der Waals surface area contributed by atoms with Gasteiger partial charge < -0.3 is 15.4 Å². The van der Waals surface area contributed by atoms with Gasteiger partial charge in [0.05, 0.1) is 7.11 Å². The molecule has 94 valence electrons. The number of para-hydroxylation sites is 1. The minimum absolute atomic E-state index is 0.255. The van der Waals surface area contributed by atoms with Gasteiger partial charge in [-0.1, -0.05) is 25.1 Å². The number of benzene rings is 1. The second kappa shape index (κ2) is 5.52. The molecular weight excluding hydrogens is 212 g/mol. The summed E-state index contributed by atoms with van der Waals surface area (Å²) >= 11 is 0. The summed E-state index contributed by atoms with van der Waals surface area (Å²) in [6, 6.07) is 8.30. The molecule has 3 nitrogen and oxygen atoms in total. The van der Waals surface area contributed by atoms with E-state index < -0.39 is 0 Å². The molecule has 3 heteroatoms. The first-order valence-corrected chi connectivity index (χ1v) is 6.27. The van der Waals surface area contributed by atoms with E-state index in [9.17, 15) is 0 Å². The fraction of sp³-hybridized carbons (Fsp3) is 0.571. The second-order valence-corrected chi connectivity index (χ2v) is 5.15. The molecule has 2 N–H and O–H groups in total. The van der Waals surface area contributed by atoms with Gasteiger partial charge in [-0.05, 0) is 23.5 Å². The number of nitrogens with one attached hydrogen (secondary N) is 2. The summed E-state index contributed by atoms with van der Waals surface area (Å²) in [4.78, 5) is 0. The summed E-state index contributed by atoms with van der Waals surface area (Å²) in [5.74, 6) is 0.998.